The zero-order valence-corrected chi connectivity index (χ0v) is 11.9. The summed E-state index contributed by atoms with van der Waals surface area (Å²) in [4.78, 5) is 0. The van der Waals surface area contributed by atoms with Gasteiger partial charge >= 0.3 is 5.51 Å². The number of rotatable bonds is 6. The minimum absolute atomic E-state index is 0.0604. The van der Waals surface area contributed by atoms with Crippen LogP contribution in [0.5, 0.6) is 0 Å². The Bertz CT molecular complexity index is 235. The van der Waals surface area contributed by atoms with Crippen molar-refractivity contribution in [2.24, 2.45) is 11.7 Å². The zero-order valence-electron chi connectivity index (χ0n) is 11.1. The number of nitrogens with two attached hydrogens (primary N) is 1. The van der Waals surface area contributed by atoms with Gasteiger partial charge in [0.15, 0.2) is 0 Å². The molecule has 0 aromatic rings. The highest BCUT2D eigenvalue weighted by molar-refractivity contribution is 8.00. The molecule has 1 aliphatic carbocycles. The fourth-order valence-electron chi connectivity index (χ4n) is 2.65. The van der Waals surface area contributed by atoms with E-state index in [1.54, 1.807) is 0 Å². The van der Waals surface area contributed by atoms with Crippen molar-refractivity contribution in [2.75, 3.05) is 5.75 Å². The molecule has 1 nitrogen and oxygen atoms in total. The van der Waals surface area contributed by atoms with Crippen molar-refractivity contribution in [3.63, 3.8) is 0 Å². The van der Waals surface area contributed by atoms with Crippen molar-refractivity contribution in [1.29, 1.82) is 0 Å². The van der Waals surface area contributed by atoms with Crippen molar-refractivity contribution in [2.45, 2.75) is 69.3 Å². The van der Waals surface area contributed by atoms with Gasteiger partial charge in [0, 0.05) is 11.3 Å². The average molecular weight is 283 g/mol. The Labute approximate surface area is 112 Å². The van der Waals surface area contributed by atoms with Crippen molar-refractivity contribution in [1.82, 2.24) is 0 Å². The van der Waals surface area contributed by atoms with E-state index in [1.807, 2.05) is 0 Å². The quantitative estimate of drug-likeness (QED) is 0.764. The first-order chi connectivity index (χ1) is 8.35. The van der Waals surface area contributed by atoms with Gasteiger partial charge in [0.2, 0.25) is 0 Å². The molecule has 0 aromatic carbocycles. The summed E-state index contributed by atoms with van der Waals surface area (Å²) in [5, 5.41) is 0. The predicted molar refractivity (Wildman–Crippen MR) is 71.5 cm³/mol. The van der Waals surface area contributed by atoms with Crippen LogP contribution >= 0.6 is 11.8 Å². The van der Waals surface area contributed by atoms with Gasteiger partial charge in [-0.2, -0.15) is 13.2 Å². The number of hydrogen-bond acceptors (Lipinski definition) is 2. The highest BCUT2D eigenvalue weighted by atomic mass is 32.2. The topological polar surface area (TPSA) is 26.0 Å². The lowest BCUT2D eigenvalue weighted by atomic mass is 9.74. The largest absolute Gasteiger partial charge is 0.441 e. The van der Waals surface area contributed by atoms with E-state index in [0.29, 0.717) is 6.42 Å². The van der Waals surface area contributed by atoms with E-state index in [2.05, 4.69) is 6.92 Å². The predicted octanol–water partition coefficient (Wildman–Crippen LogP) is 4.71. The summed E-state index contributed by atoms with van der Waals surface area (Å²) in [6, 6.07) is 0. The van der Waals surface area contributed by atoms with Crippen molar-refractivity contribution in [3.8, 4) is 0 Å². The normalized spacial score (nSPS) is 29.5. The third-order valence-corrected chi connectivity index (χ3v) is 4.67. The molecule has 5 heteroatoms. The molecule has 0 amide bonds. The highest BCUT2D eigenvalue weighted by Gasteiger charge is 2.33. The number of thioether (sulfide) groups is 1. The monoisotopic (exact) mass is 283 g/mol. The molecule has 0 bridgehead atoms. The second-order valence-corrected chi connectivity index (χ2v) is 6.65. The van der Waals surface area contributed by atoms with Gasteiger partial charge in [-0.15, -0.1) is 0 Å². The molecule has 0 atom stereocenters. The van der Waals surface area contributed by atoms with E-state index in [4.69, 9.17) is 5.73 Å². The van der Waals surface area contributed by atoms with E-state index < -0.39 is 5.51 Å². The molecule has 1 saturated carbocycles. The summed E-state index contributed by atoms with van der Waals surface area (Å²) in [6.07, 6.45) is 8.17. The van der Waals surface area contributed by atoms with Crippen LogP contribution in [0.2, 0.25) is 0 Å². The number of unbranched alkanes of at least 4 members (excludes halogenated alkanes) is 1. The molecule has 0 aromatic heterocycles. The number of hydrogen-bond donors (Lipinski definition) is 1. The molecule has 0 aliphatic heterocycles. The average Bonchev–Trinajstić information content (AvgIpc) is 2.26. The van der Waals surface area contributed by atoms with Crippen LogP contribution in [0.3, 0.4) is 0 Å². The minimum atomic E-state index is -4.12. The summed E-state index contributed by atoms with van der Waals surface area (Å²) in [7, 11) is 0. The second kappa shape index (κ2) is 7.04. The van der Waals surface area contributed by atoms with Gasteiger partial charge in [-0.1, -0.05) is 37.9 Å². The van der Waals surface area contributed by atoms with Gasteiger partial charge in [0.1, 0.15) is 0 Å². The Kier molecular flexibility index (Phi) is 6.31. The minimum Gasteiger partial charge on any atom is -0.325 e. The molecule has 0 spiro atoms. The standard InChI is InChI=1S/C13H24F3NS/c1-2-3-4-11-5-7-12(17,8-6-11)9-10-18-13(14,15)16/h11H,2-10,17H2,1H3. The van der Waals surface area contributed by atoms with Gasteiger partial charge in [-0.05, 0) is 38.0 Å². The molecule has 0 unspecified atom stereocenters. The maximum absolute atomic E-state index is 12.1. The van der Waals surface area contributed by atoms with Crippen molar-refractivity contribution < 1.29 is 13.2 Å². The Morgan fingerprint density at radius 3 is 2.39 bits per heavy atom. The van der Waals surface area contributed by atoms with Gasteiger partial charge in [-0.25, -0.2) is 0 Å². The van der Waals surface area contributed by atoms with Crippen LogP contribution < -0.4 is 5.73 Å². The fraction of sp³-hybridized carbons (Fsp3) is 1.00. The van der Waals surface area contributed by atoms with Gasteiger partial charge in [0.25, 0.3) is 0 Å². The fourth-order valence-corrected chi connectivity index (χ4v) is 3.39. The van der Waals surface area contributed by atoms with Crippen LogP contribution in [-0.2, 0) is 0 Å². The lowest BCUT2D eigenvalue weighted by Crippen LogP contribution is -2.44. The first-order valence-corrected chi connectivity index (χ1v) is 7.83. The van der Waals surface area contributed by atoms with Gasteiger partial charge < -0.3 is 5.73 Å². The SMILES string of the molecule is CCCCC1CCC(N)(CCSC(F)(F)F)CC1. The van der Waals surface area contributed by atoms with Crippen LogP contribution in [0.15, 0.2) is 0 Å². The van der Waals surface area contributed by atoms with Gasteiger partial charge in [-0.3, -0.25) is 0 Å². The van der Waals surface area contributed by atoms with E-state index in [-0.39, 0.29) is 23.1 Å². The molecular weight excluding hydrogens is 259 g/mol. The summed E-state index contributed by atoms with van der Waals surface area (Å²) >= 11 is 0.0604. The molecule has 0 saturated heterocycles. The van der Waals surface area contributed by atoms with E-state index in [9.17, 15) is 13.2 Å². The Balaban J connectivity index is 2.22. The molecule has 1 rings (SSSR count). The first kappa shape index (κ1) is 16.2. The molecule has 18 heavy (non-hydrogen) atoms. The second-order valence-electron chi connectivity index (χ2n) is 5.49. The Hall–Kier alpha value is 0.100. The first-order valence-electron chi connectivity index (χ1n) is 6.84. The summed E-state index contributed by atoms with van der Waals surface area (Å²) in [5.74, 6) is 0.844. The van der Waals surface area contributed by atoms with E-state index >= 15 is 0 Å². The smallest absolute Gasteiger partial charge is 0.325 e. The highest BCUT2D eigenvalue weighted by Crippen LogP contribution is 2.37. The molecule has 108 valence electrons. The lowest BCUT2D eigenvalue weighted by Gasteiger charge is -2.37. The summed E-state index contributed by atoms with van der Waals surface area (Å²) in [6.45, 7) is 2.18. The molecule has 0 heterocycles. The van der Waals surface area contributed by atoms with Gasteiger partial charge in [0.05, 0.1) is 0 Å². The maximum Gasteiger partial charge on any atom is 0.441 e. The van der Waals surface area contributed by atoms with Crippen LogP contribution in [-0.4, -0.2) is 16.8 Å². The summed E-state index contributed by atoms with van der Waals surface area (Å²) < 4.78 is 36.2. The van der Waals surface area contributed by atoms with Crippen LogP contribution in [0.25, 0.3) is 0 Å². The zero-order chi connectivity index (χ0) is 13.6. The maximum atomic E-state index is 12.1. The van der Waals surface area contributed by atoms with Crippen LogP contribution in [0, 0.1) is 5.92 Å². The van der Waals surface area contributed by atoms with Crippen molar-refractivity contribution in [3.05, 3.63) is 0 Å². The van der Waals surface area contributed by atoms with E-state index in [1.165, 1.54) is 19.3 Å². The molecule has 1 fully saturated rings. The van der Waals surface area contributed by atoms with Crippen LogP contribution in [0.4, 0.5) is 13.2 Å². The van der Waals surface area contributed by atoms with E-state index in [0.717, 1.165) is 31.6 Å². The third kappa shape index (κ3) is 6.32. The molecule has 1 aliphatic rings. The molecule has 0 radical (unpaired) electrons. The lowest BCUT2D eigenvalue weighted by molar-refractivity contribution is -0.0328. The number of halogens is 3. The third-order valence-electron chi connectivity index (χ3n) is 3.93. The Morgan fingerprint density at radius 1 is 1.28 bits per heavy atom. The molecule has 2 N–H and O–H groups in total. The van der Waals surface area contributed by atoms with Crippen molar-refractivity contribution >= 4 is 11.8 Å². The Morgan fingerprint density at radius 2 is 1.89 bits per heavy atom. The summed E-state index contributed by atoms with van der Waals surface area (Å²) in [5.41, 5.74) is 1.74. The number of alkyl halides is 3. The molecular formula is C13H24F3NS. The van der Waals surface area contributed by atoms with Crippen LogP contribution in [0.1, 0.15) is 58.3 Å².